The molecule has 0 fully saturated rings. The minimum Gasteiger partial charge on any atom is -0.340 e. The zero-order valence-electron chi connectivity index (χ0n) is 20.2. The summed E-state index contributed by atoms with van der Waals surface area (Å²) in [5.74, 6) is 4.14. The predicted octanol–water partition coefficient (Wildman–Crippen LogP) is 4.85. The van der Waals surface area contributed by atoms with Gasteiger partial charge in [-0.05, 0) is 24.3 Å². The number of carbonyl (C=O) groups is 4. The minimum absolute atomic E-state index is 0.185. The van der Waals surface area contributed by atoms with Crippen LogP contribution >= 0.6 is 0 Å². The van der Waals surface area contributed by atoms with Crippen LogP contribution in [0.2, 0.25) is 0 Å². The maximum Gasteiger partial charge on any atom is 0.221 e. The molecule has 0 aliphatic heterocycles. The van der Waals surface area contributed by atoms with Crippen LogP contribution in [0.3, 0.4) is 0 Å². The molecule has 0 spiro atoms. The summed E-state index contributed by atoms with van der Waals surface area (Å²) >= 11 is 0. The third-order valence-corrected chi connectivity index (χ3v) is 5.13. The lowest BCUT2D eigenvalue weighted by molar-refractivity contribution is -0.115. The highest BCUT2D eigenvalue weighted by atomic mass is 16.5. The molecule has 0 bridgehead atoms. The number of nitrogens with one attached hydrogen (secondary N) is 2. The Bertz CT molecular complexity index is 1140. The van der Waals surface area contributed by atoms with Crippen molar-refractivity contribution in [3.05, 3.63) is 58.7 Å². The number of hydrogen-bond acceptors (Lipinski definition) is 5. The second kappa shape index (κ2) is 12.3. The number of terminal acetylenes is 2. The summed E-state index contributed by atoms with van der Waals surface area (Å²) in [6.45, 7) is 6.16. The molecule has 0 radical (unpaired) electrons. The van der Waals surface area contributed by atoms with Gasteiger partial charge in [0.2, 0.25) is 11.8 Å². The first-order valence-electron chi connectivity index (χ1n) is 11.1. The fourth-order valence-electron chi connectivity index (χ4n) is 3.54. The van der Waals surface area contributed by atoms with Gasteiger partial charge in [0, 0.05) is 60.3 Å². The first-order valence-corrected chi connectivity index (χ1v) is 11.1. The van der Waals surface area contributed by atoms with Gasteiger partial charge in [0.05, 0.1) is 0 Å². The topological polar surface area (TPSA) is 102 Å². The van der Waals surface area contributed by atoms with E-state index in [1.165, 1.54) is 13.8 Å². The molecular weight excluding hydrogens is 444 g/mol. The van der Waals surface area contributed by atoms with Gasteiger partial charge in [-0.15, -0.1) is 12.8 Å². The van der Waals surface area contributed by atoms with E-state index in [-0.39, 0.29) is 36.2 Å². The zero-order chi connectivity index (χ0) is 26.1. The molecule has 2 aromatic carbocycles. The number of Topliss-reactive ketones (excluding diaryl/α,β-unsaturated/α-hetero) is 2. The fraction of sp³-hybridized carbons (Fsp3) is 0.286. The molecule has 2 amide bonds. The van der Waals surface area contributed by atoms with E-state index < -0.39 is 12.2 Å². The number of benzene rings is 2. The Balaban J connectivity index is 2.52. The van der Waals surface area contributed by atoms with Gasteiger partial charge in [0.15, 0.2) is 11.6 Å². The van der Waals surface area contributed by atoms with Gasteiger partial charge in [0.1, 0.15) is 12.2 Å². The van der Waals surface area contributed by atoms with E-state index in [1.807, 2.05) is 0 Å². The van der Waals surface area contributed by atoms with Gasteiger partial charge in [0.25, 0.3) is 0 Å². The highest BCUT2D eigenvalue weighted by Crippen LogP contribution is 2.33. The van der Waals surface area contributed by atoms with Crippen LogP contribution in [0.5, 0.6) is 0 Å². The van der Waals surface area contributed by atoms with Crippen molar-refractivity contribution in [2.45, 2.75) is 52.7 Å². The maximum atomic E-state index is 12.7. The summed E-state index contributed by atoms with van der Waals surface area (Å²) in [5, 5.41) is 5.30. The number of anilines is 2. The van der Waals surface area contributed by atoms with Crippen LogP contribution in [-0.4, -0.2) is 23.4 Å². The normalized spacial score (nSPS) is 11.9. The Morgan fingerprint density at radius 3 is 1.43 bits per heavy atom. The van der Waals surface area contributed by atoms with Gasteiger partial charge in [-0.3, -0.25) is 19.2 Å². The van der Waals surface area contributed by atoms with Crippen molar-refractivity contribution in [3.8, 4) is 24.7 Å². The Kier molecular flexibility index (Phi) is 9.52. The van der Waals surface area contributed by atoms with Crippen molar-refractivity contribution >= 4 is 34.8 Å². The average Bonchev–Trinajstić information content (AvgIpc) is 2.83. The summed E-state index contributed by atoms with van der Waals surface area (Å²) in [4.78, 5) is 48.2. The van der Waals surface area contributed by atoms with Gasteiger partial charge in [-0.2, -0.15) is 0 Å². The van der Waals surface area contributed by atoms with Gasteiger partial charge in [-0.25, -0.2) is 0 Å². The van der Waals surface area contributed by atoms with E-state index >= 15 is 0 Å². The van der Waals surface area contributed by atoms with E-state index in [4.69, 9.17) is 17.6 Å². The number of ether oxygens (including phenoxy) is 1. The molecule has 0 aromatic heterocycles. The van der Waals surface area contributed by atoms with E-state index in [0.717, 1.165) is 0 Å². The summed E-state index contributed by atoms with van der Waals surface area (Å²) in [6.07, 6.45) is 9.97. The molecule has 0 aliphatic carbocycles. The highest BCUT2D eigenvalue weighted by molar-refractivity contribution is 6.00. The number of ketones is 2. The molecule has 0 saturated heterocycles. The Morgan fingerprint density at radius 1 is 0.771 bits per heavy atom. The second-order valence-electron chi connectivity index (χ2n) is 7.75. The van der Waals surface area contributed by atoms with Crippen molar-refractivity contribution in [3.63, 3.8) is 0 Å². The van der Waals surface area contributed by atoms with Crippen LogP contribution in [0, 0.1) is 24.7 Å². The molecule has 2 unspecified atom stereocenters. The van der Waals surface area contributed by atoms with E-state index in [9.17, 15) is 19.2 Å². The second-order valence-corrected chi connectivity index (χ2v) is 7.75. The Hall–Kier alpha value is -4.20. The van der Waals surface area contributed by atoms with Crippen LogP contribution in [0.25, 0.3) is 0 Å². The number of hydrogen-bond donors (Lipinski definition) is 2. The molecule has 0 heterocycles. The van der Waals surface area contributed by atoms with E-state index in [2.05, 4.69) is 22.5 Å². The average molecular weight is 473 g/mol. The van der Waals surface area contributed by atoms with Crippen LogP contribution in [0.15, 0.2) is 36.4 Å². The summed E-state index contributed by atoms with van der Waals surface area (Å²) in [5.41, 5.74) is 2.36. The molecule has 2 aromatic rings. The first-order chi connectivity index (χ1) is 16.6. The summed E-state index contributed by atoms with van der Waals surface area (Å²) < 4.78 is 6.08. The van der Waals surface area contributed by atoms with Gasteiger partial charge < -0.3 is 15.4 Å². The minimum atomic E-state index is -1.01. The molecule has 0 saturated carbocycles. The molecule has 180 valence electrons. The third kappa shape index (κ3) is 6.89. The molecule has 2 N–H and O–H groups in total. The number of rotatable bonds is 10. The van der Waals surface area contributed by atoms with Crippen LogP contribution < -0.4 is 10.6 Å². The van der Waals surface area contributed by atoms with Crippen molar-refractivity contribution in [1.29, 1.82) is 0 Å². The van der Waals surface area contributed by atoms with Crippen molar-refractivity contribution in [2.24, 2.45) is 0 Å². The Labute approximate surface area is 205 Å². The fourth-order valence-corrected chi connectivity index (χ4v) is 3.54. The quantitative estimate of drug-likeness (QED) is 0.380. The molecule has 2 atom stereocenters. The lowest BCUT2D eigenvalue weighted by atomic mass is 9.95. The molecule has 35 heavy (non-hydrogen) atoms. The molecule has 7 nitrogen and oxygen atoms in total. The van der Waals surface area contributed by atoms with E-state index in [1.54, 1.807) is 50.2 Å². The molecule has 7 heteroatoms. The standard InChI is InChI=1S/C28H28N2O5/c1-7-25(33)23-15-19(29-17(5)31)11-13-21(23)27(9-3)35-28(10-4)22-14-12-20(30-18(6)32)16-24(22)26(34)8-2/h3-4,11-16,27-28H,7-8H2,1-2,5-6H3,(H,29,31)(H,30,32). The third-order valence-electron chi connectivity index (χ3n) is 5.13. The smallest absolute Gasteiger partial charge is 0.221 e. The largest absolute Gasteiger partial charge is 0.340 e. The van der Waals surface area contributed by atoms with Crippen molar-refractivity contribution < 1.29 is 23.9 Å². The predicted molar refractivity (Wildman–Crippen MR) is 135 cm³/mol. The molecule has 2 rings (SSSR count). The van der Waals surface area contributed by atoms with Crippen molar-refractivity contribution in [2.75, 3.05) is 10.6 Å². The molecule has 0 aliphatic rings. The maximum absolute atomic E-state index is 12.7. The van der Waals surface area contributed by atoms with Crippen molar-refractivity contribution in [1.82, 2.24) is 0 Å². The van der Waals surface area contributed by atoms with Crippen LogP contribution in [-0.2, 0) is 14.3 Å². The van der Waals surface area contributed by atoms with Gasteiger partial charge >= 0.3 is 0 Å². The lowest BCUT2D eigenvalue weighted by Gasteiger charge is -2.22. The lowest BCUT2D eigenvalue weighted by Crippen LogP contribution is -2.16. The van der Waals surface area contributed by atoms with Crippen LogP contribution in [0.4, 0.5) is 11.4 Å². The number of amides is 2. The van der Waals surface area contributed by atoms with E-state index in [0.29, 0.717) is 33.6 Å². The SMILES string of the molecule is C#CC(OC(C#C)c1ccc(NC(C)=O)cc1C(=O)CC)c1ccc(NC(C)=O)cc1C(=O)CC. The first kappa shape index (κ1) is 27.0. The molecular formula is C28H28N2O5. The monoisotopic (exact) mass is 472 g/mol. The Morgan fingerprint density at radius 2 is 1.14 bits per heavy atom. The summed E-state index contributed by atoms with van der Waals surface area (Å²) in [7, 11) is 0. The number of carbonyl (C=O) groups excluding carboxylic acids is 4. The summed E-state index contributed by atoms with van der Waals surface area (Å²) in [6, 6.07) is 9.57. The van der Waals surface area contributed by atoms with Gasteiger partial charge in [-0.1, -0.05) is 37.8 Å². The van der Waals surface area contributed by atoms with Crippen LogP contribution in [0.1, 0.15) is 84.6 Å². The zero-order valence-corrected chi connectivity index (χ0v) is 20.2. The highest BCUT2D eigenvalue weighted by Gasteiger charge is 2.25.